The van der Waals surface area contributed by atoms with Crippen molar-refractivity contribution in [2.24, 2.45) is 0 Å². The molecular weight excluding hydrogens is 216 g/mol. The van der Waals surface area contributed by atoms with E-state index in [-0.39, 0.29) is 0 Å². The summed E-state index contributed by atoms with van der Waals surface area (Å²) >= 11 is 0. The lowest BCUT2D eigenvalue weighted by molar-refractivity contribution is 0.140. The van der Waals surface area contributed by atoms with Crippen LogP contribution in [0.15, 0.2) is 4.52 Å². The number of nitrogens with one attached hydrogen (secondary N) is 1. The summed E-state index contributed by atoms with van der Waals surface area (Å²) in [7, 11) is 0. The molecule has 0 saturated carbocycles. The molecule has 1 aromatic heterocycles. The average molecular weight is 238 g/mol. The Hall–Kier alpha value is -0.940. The van der Waals surface area contributed by atoms with Crippen molar-refractivity contribution in [2.45, 2.75) is 45.7 Å². The van der Waals surface area contributed by atoms with E-state index in [9.17, 15) is 0 Å². The molecule has 1 aliphatic heterocycles. The molecule has 0 aromatic carbocycles. The summed E-state index contributed by atoms with van der Waals surface area (Å²) in [5, 5.41) is 7.50. The predicted molar refractivity (Wildman–Crippen MR) is 65.9 cm³/mol. The quantitative estimate of drug-likeness (QED) is 0.848. The number of nitrogens with zero attached hydrogens (tertiary/aromatic N) is 3. The summed E-state index contributed by atoms with van der Waals surface area (Å²) in [5.41, 5.74) is 0. The molecule has 5 nitrogen and oxygen atoms in total. The van der Waals surface area contributed by atoms with Gasteiger partial charge in [0.25, 0.3) is 0 Å². The van der Waals surface area contributed by atoms with Crippen LogP contribution in [0.1, 0.15) is 32.0 Å². The van der Waals surface area contributed by atoms with Gasteiger partial charge < -0.3 is 9.84 Å². The topological polar surface area (TPSA) is 54.2 Å². The second-order valence-corrected chi connectivity index (χ2v) is 4.84. The Morgan fingerprint density at radius 3 is 3.00 bits per heavy atom. The van der Waals surface area contributed by atoms with Crippen LogP contribution in [-0.4, -0.2) is 46.8 Å². The number of hydrogen-bond acceptors (Lipinski definition) is 5. The minimum absolute atomic E-state index is 0.589. The highest BCUT2D eigenvalue weighted by molar-refractivity contribution is 4.88. The van der Waals surface area contributed by atoms with Crippen LogP contribution in [0.25, 0.3) is 0 Å². The highest BCUT2D eigenvalue weighted by atomic mass is 16.5. The molecule has 0 aliphatic carbocycles. The van der Waals surface area contributed by atoms with Crippen LogP contribution in [0, 0.1) is 6.92 Å². The third-order valence-electron chi connectivity index (χ3n) is 3.47. The SMILES string of the molecule is CCC1CN(CCc2noc(C)n2)C(C)CN1. The molecule has 1 fully saturated rings. The fraction of sp³-hybridized carbons (Fsp3) is 0.833. The molecule has 0 amide bonds. The third-order valence-corrected chi connectivity index (χ3v) is 3.47. The third kappa shape index (κ3) is 3.26. The van der Waals surface area contributed by atoms with E-state index in [4.69, 9.17) is 4.52 Å². The summed E-state index contributed by atoms with van der Waals surface area (Å²) < 4.78 is 4.98. The van der Waals surface area contributed by atoms with Gasteiger partial charge in [-0.2, -0.15) is 4.98 Å². The predicted octanol–water partition coefficient (Wildman–Crippen LogP) is 0.993. The van der Waals surface area contributed by atoms with Crippen LogP contribution < -0.4 is 5.32 Å². The van der Waals surface area contributed by atoms with Crippen molar-refractivity contribution < 1.29 is 4.52 Å². The Balaban J connectivity index is 1.84. The normalized spacial score (nSPS) is 26.3. The fourth-order valence-electron chi connectivity index (χ4n) is 2.27. The molecule has 2 unspecified atom stereocenters. The van der Waals surface area contributed by atoms with Crippen LogP contribution in [0.2, 0.25) is 0 Å². The largest absolute Gasteiger partial charge is 0.340 e. The van der Waals surface area contributed by atoms with E-state index in [1.165, 1.54) is 6.42 Å². The van der Waals surface area contributed by atoms with Gasteiger partial charge >= 0.3 is 0 Å². The molecule has 0 bridgehead atoms. The zero-order chi connectivity index (χ0) is 12.3. The Bertz CT molecular complexity index is 352. The van der Waals surface area contributed by atoms with E-state index >= 15 is 0 Å². The molecule has 1 aromatic rings. The van der Waals surface area contributed by atoms with Crippen molar-refractivity contribution in [3.63, 3.8) is 0 Å². The minimum Gasteiger partial charge on any atom is -0.340 e. The van der Waals surface area contributed by atoms with Crippen molar-refractivity contribution in [3.8, 4) is 0 Å². The molecule has 0 spiro atoms. The van der Waals surface area contributed by atoms with E-state index in [0.29, 0.717) is 18.0 Å². The molecule has 1 aliphatic rings. The van der Waals surface area contributed by atoms with Crippen molar-refractivity contribution in [3.05, 3.63) is 11.7 Å². The molecule has 1 saturated heterocycles. The Labute approximate surface area is 103 Å². The van der Waals surface area contributed by atoms with Gasteiger partial charge in [0.05, 0.1) is 0 Å². The maximum atomic E-state index is 4.98. The van der Waals surface area contributed by atoms with Crippen LogP contribution >= 0.6 is 0 Å². The van der Waals surface area contributed by atoms with Gasteiger partial charge in [-0.3, -0.25) is 4.90 Å². The maximum Gasteiger partial charge on any atom is 0.223 e. The fourth-order valence-corrected chi connectivity index (χ4v) is 2.27. The molecular formula is C12H22N4O. The van der Waals surface area contributed by atoms with Gasteiger partial charge in [-0.05, 0) is 13.3 Å². The van der Waals surface area contributed by atoms with Gasteiger partial charge in [-0.15, -0.1) is 0 Å². The van der Waals surface area contributed by atoms with E-state index in [2.05, 4.69) is 34.2 Å². The summed E-state index contributed by atoms with van der Waals surface area (Å²) in [6.45, 7) is 9.53. The first-order valence-corrected chi connectivity index (χ1v) is 6.45. The first-order valence-electron chi connectivity index (χ1n) is 6.45. The van der Waals surface area contributed by atoms with Crippen LogP contribution in [0.5, 0.6) is 0 Å². The molecule has 2 heterocycles. The number of piperazine rings is 1. The zero-order valence-electron chi connectivity index (χ0n) is 10.9. The smallest absolute Gasteiger partial charge is 0.223 e. The summed E-state index contributed by atoms with van der Waals surface area (Å²) in [4.78, 5) is 6.75. The van der Waals surface area contributed by atoms with Gasteiger partial charge in [0.1, 0.15) is 0 Å². The summed E-state index contributed by atoms with van der Waals surface area (Å²) in [5.74, 6) is 1.47. The van der Waals surface area contributed by atoms with Crippen molar-refractivity contribution in [1.82, 2.24) is 20.4 Å². The van der Waals surface area contributed by atoms with Crippen molar-refractivity contribution >= 4 is 0 Å². The van der Waals surface area contributed by atoms with Gasteiger partial charge in [0.15, 0.2) is 5.82 Å². The number of hydrogen-bond donors (Lipinski definition) is 1. The van der Waals surface area contributed by atoms with Crippen LogP contribution in [0.3, 0.4) is 0 Å². The van der Waals surface area contributed by atoms with Gasteiger partial charge in [-0.25, -0.2) is 0 Å². The van der Waals surface area contributed by atoms with Gasteiger partial charge in [0, 0.05) is 45.1 Å². The Morgan fingerprint density at radius 2 is 2.35 bits per heavy atom. The Kier molecular flexibility index (Phi) is 4.12. The molecule has 2 atom stereocenters. The second-order valence-electron chi connectivity index (χ2n) is 4.84. The van der Waals surface area contributed by atoms with E-state index in [1.54, 1.807) is 0 Å². The van der Waals surface area contributed by atoms with Crippen molar-refractivity contribution in [1.29, 1.82) is 0 Å². The van der Waals surface area contributed by atoms with Crippen molar-refractivity contribution in [2.75, 3.05) is 19.6 Å². The summed E-state index contributed by atoms with van der Waals surface area (Å²) in [6, 6.07) is 1.21. The zero-order valence-corrected chi connectivity index (χ0v) is 10.9. The Morgan fingerprint density at radius 1 is 1.53 bits per heavy atom. The maximum absolute atomic E-state index is 4.98. The lowest BCUT2D eigenvalue weighted by Crippen LogP contribution is -2.55. The number of aromatic nitrogens is 2. The highest BCUT2D eigenvalue weighted by Crippen LogP contribution is 2.09. The van der Waals surface area contributed by atoms with E-state index < -0.39 is 0 Å². The lowest BCUT2D eigenvalue weighted by Gasteiger charge is -2.38. The molecule has 96 valence electrons. The first kappa shape index (κ1) is 12.5. The van der Waals surface area contributed by atoms with Gasteiger partial charge in [0.2, 0.25) is 5.89 Å². The molecule has 5 heteroatoms. The lowest BCUT2D eigenvalue weighted by atomic mass is 10.1. The van der Waals surface area contributed by atoms with E-state index in [1.807, 2.05) is 6.92 Å². The molecule has 0 radical (unpaired) electrons. The highest BCUT2D eigenvalue weighted by Gasteiger charge is 2.23. The molecule has 17 heavy (non-hydrogen) atoms. The first-order chi connectivity index (χ1) is 8.19. The number of rotatable bonds is 4. The standard InChI is InChI=1S/C12H22N4O/c1-4-11-8-16(9(2)7-13-11)6-5-12-14-10(3)17-15-12/h9,11,13H,4-8H2,1-3H3. The second kappa shape index (κ2) is 5.60. The van der Waals surface area contributed by atoms with Gasteiger partial charge in [-0.1, -0.05) is 12.1 Å². The minimum atomic E-state index is 0.589. The summed E-state index contributed by atoms with van der Waals surface area (Å²) in [6.07, 6.45) is 2.06. The average Bonchev–Trinajstić information content (AvgIpc) is 2.74. The van der Waals surface area contributed by atoms with Crippen LogP contribution in [-0.2, 0) is 6.42 Å². The van der Waals surface area contributed by atoms with E-state index in [0.717, 1.165) is 31.9 Å². The van der Waals surface area contributed by atoms with Crippen LogP contribution in [0.4, 0.5) is 0 Å². The molecule has 2 rings (SSSR count). The monoisotopic (exact) mass is 238 g/mol. The molecule has 1 N–H and O–H groups in total. The number of aryl methyl sites for hydroxylation is 1.